The third-order valence-electron chi connectivity index (χ3n) is 5.35. The molecule has 5 nitrogen and oxygen atoms in total. The van der Waals surface area contributed by atoms with E-state index in [9.17, 15) is 4.79 Å². The van der Waals surface area contributed by atoms with Crippen molar-refractivity contribution in [2.45, 2.75) is 18.8 Å². The first-order valence-corrected chi connectivity index (χ1v) is 9.35. The molecule has 3 aromatic rings. The third kappa shape index (κ3) is 2.99. The number of likely N-dealkylation sites (tertiary alicyclic amines) is 1. The number of carbonyl (C=O) groups excluding carboxylic acids is 1. The summed E-state index contributed by atoms with van der Waals surface area (Å²) >= 11 is 0. The van der Waals surface area contributed by atoms with E-state index in [1.807, 2.05) is 59.5 Å². The number of ether oxygens (including phenoxy) is 1. The Balaban J connectivity index is 1.28. The van der Waals surface area contributed by atoms with Gasteiger partial charge in [-0.1, -0.05) is 30.3 Å². The molecule has 0 atom stereocenters. The van der Waals surface area contributed by atoms with Crippen molar-refractivity contribution in [3.8, 4) is 5.75 Å². The van der Waals surface area contributed by atoms with Crippen molar-refractivity contribution in [3.05, 3.63) is 65.6 Å². The molecule has 0 spiro atoms. The molecule has 0 N–H and O–H groups in total. The first-order chi connectivity index (χ1) is 13.3. The summed E-state index contributed by atoms with van der Waals surface area (Å²) in [6.45, 7) is 1.75. The highest BCUT2D eigenvalue weighted by Crippen LogP contribution is 2.31. The number of aromatic nitrogens is 1. The summed E-state index contributed by atoms with van der Waals surface area (Å²) in [4.78, 5) is 19.4. The summed E-state index contributed by atoms with van der Waals surface area (Å²) in [6, 6.07) is 15.6. The van der Waals surface area contributed by atoms with Crippen molar-refractivity contribution < 1.29 is 13.9 Å². The van der Waals surface area contributed by atoms with Gasteiger partial charge in [0.15, 0.2) is 11.5 Å². The van der Waals surface area contributed by atoms with Crippen molar-refractivity contribution in [2.75, 3.05) is 19.7 Å². The van der Waals surface area contributed by atoms with E-state index in [1.165, 1.54) is 0 Å². The predicted molar refractivity (Wildman–Crippen MR) is 102 cm³/mol. The number of benzene rings is 2. The molecule has 1 saturated heterocycles. The largest absolute Gasteiger partial charge is 0.488 e. The molecule has 2 aliphatic heterocycles. The van der Waals surface area contributed by atoms with E-state index in [4.69, 9.17) is 9.15 Å². The first kappa shape index (κ1) is 16.1. The number of rotatable bonds is 2. The second kappa shape index (κ2) is 6.58. The van der Waals surface area contributed by atoms with Gasteiger partial charge in [-0.2, -0.15) is 0 Å². The van der Waals surface area contributed by atoms with Gasteiger partial charge in [0, 0.05) is 24.6 Å². The van der Waals surface area contributed by atoms with Gasteiger partial charge in [-0.3, -0.25) is 4.79 Å². The number of hydrogen-bond donors (Lipinski definition) is 0. The molecular formula is C22H20N2O3. The minimum absolute atomic E-state index is 0.0699. The van der Waals surface area contributed by atoms with E-state index in [1.54, 1.807) is 0 Å². The molecule has 1 fully saturated rings. The molecule has 27 heavy (non-hydrogen) atoms. The highest BCUT2D eigenvalue weighted by Gasteiger charge is 2.29. The van der Waals surface area contributed by atoms with Crippen LogP contribution in [0, 0.1) is 0 Å². The van der Waals surface area contributed by atoms with Crippen LogP contribution >= 0.6 is 0 Å². The summed E-state index contributed by atoms with van der Waals surface area (Å²) in [6.07, 6.45) is 3.68. The Morgan fingerprint density at radius 2 is 1.81 bits per heavy atom. The SMILES string of the molecule is O=C(C1=Cc2ccccc2OC1)N1CCC(c2nc3ccccc3o2)CC1. The Kier molecular flexibility index (Phi) is 3.93. The van der Waals surface area contributed by atoms with Crippen molar-refractivity contribution in [1.82, 2.24) is 9.88 Å². The van der Waals surface area contributed by atoms with Gasteiger partial charge in [-0.15, -0.1) is 0 Å². The van der Waals surface area contributed by atoms with Gasteiger partial charge < -0.3 is 14.1 Å². The van der Waals surface area contributed by atoms with Crippen LogP contribution in [0.5, 0.6) is 5.75 Å². The smallest absolute Gasteiger partial charge is 0.253 e. The van der Waals surface area contributed by atoms with Gasteiger partial charge in [0.2, 0.25) is 0 Å². The molecule has 0 bridgehead atoms. The summed E-state index contributed by atoms with van der Waals surface area (Å²) in [5, 5.41) is 0. The maximum atomic E-state index is 12.9. The normalized spacial score (nSPS) is 17.3. The second-order valence-electron chi connectivity index (χ2n) is 7.08. The van der Waals surface area contributed by atoms with Gasteiger partial charge in [-0.25, -0.2) is 4.98 Å². The Bertz CT molecular complexity index is 996. The highest BCUT2D eigenvalue weighted by atomic mass is 16.5. The van der Waals surface area contributed by atoms with Gasteiger partial charge in [0.05, 0.1) is 5.57 Å². The van der Waals surface area contributed by atoms with Crippen molar-refractivity contribution in [3.63, 3.8) is 0 Å². The molecule has 0 aliphatic carbocycles. The number of oxazole rings is 1. The van der Waals surface area contributed by atoms with Gasteiger partial charge in [0.25, 0.3) is 5.91 Å². The fourth-order valence-electron chi connectivity index (χ4n) is 3.84. The topological polar surface area (TPSA) is 55.6 Å². The maximum absolute atomic E-state index is 12.9. The number of nitrogens with zero attached hydrogens (tertiary/aromatic N) is 2. The molecule has 5 heteroatoms. The fourth-order valence-corrected chi connectivity index (χ4v) is 3.84. The second-order valence-corrected chi connectivity index (χ2v) is 7.08. The maximum Gasteiger partial charge on any atom is 0.253 e. The van der Waals surface area contributed by atoms with Crippen LogP contribution in [0.1, 0.15) is 30.2 Å². The lowest BCUT2D eigenvalue weighted by Gasteiger charge is -2.32. The van der Waals surface area contributed by atoms with E-state index in [0.29, 0.717) is 25.3 Å². The van der Waals surface area contributed by atoms with Crippen LogP contribution in [-0.4, -0.2) is 35.5 Å². The Labute approximate surface area is 157 Å². The van der Waals surface area contributed by atoms with Crippen LogP contribution in [0.15, 0.2) is 58.5 Å². The molecule has 1 amide bonds. The summed E-state index contributed by atoms with van der Waals surface area (Å²) in [5.41, 5.74) is 3.41. The quantitative estimate of drug-likeness (QED) is 0.693. The average Bonchev–Trinajstić information content (AvgIpc) is 3.17. The van der Waals surface area contributed by atoms with Crippen LogP contribution in [0.3, 0.4) is 0 Å². The summed E-state index contributed by atoms with van der Waals surface area (Å²) in [5.74, 6) is 1.96. The molecule has 0 saturated carbocycles. The zero-order chi connectivity index (χ0) is 18.2. The van der Waals surface area contributed by atoms with E-state index in [-0.39, 0.29) is 11.8 Å². The van der Waals surface area contributed by atoms with E-state index < -0.39 is 0 Å². The van der Waals surface area contributed by atoms with Crippen LogP contribution in [0.4, 0.5) is 0 Å². The van der Waals surface area contributed by atoms with Gasteiger partial charge in [-0.05, 0) is 37.1 Å². The number of piperidine rings is 1. The average molecular weight is 360 g/mol. The van der Waals surface area contributed by atoms with Crippen LogP contribution < -0.4 is 4.74 Å². The standard InChI is InChI=1S/C22H20N2O3/c25-22(17-13-16-5-1-3-7-19(16)26-14-17)24-11-9-15(10-12-24)21-23-18-6-2-4-8-20(18)27-21/h1-8,13,15H,9-12,14H2. The number of amides is 1. The highest BCUT2D eigenvalue weighted by molar-refractivity contribution is 5.99. The zero-order valence-corrected chi connectivity index (χ0v) is 14.9. The lowest BCUT2D eigenvalue weighted by Crippen LogP contribution is -2.40. The van der Waals surface area contributed by atoms with Crippen molar-refractivity contribution in [2.24, 2.45) is 0 Å². The van der Waals surface area contributed by atoms with Crippen LogP contribution in [-0.2, 0) is 4.79 Å². The zero-order valence-electron chi connectivity index (χ0n) is 14.9. The lowest BCUT2D eigenvalue weighted by molar-refractivity contribution is -0.128. The Hall–Kier alpha value is -3.08. The lowest BCUT2D eigenvalue weighted by atomic mass is 9.96. The fraction of sp³-hybridized carbons (Fsp3) is 0.273. The first-order valence-electron chi connectivity index (χ1n) is 9.35. The molecule has 0 unspecified atom stereocenters. The number of carbonyl (C=O) groups is 1. The van der Waals surface area contributed by atoms with E-state index in [2.05, 4.69) is 4.98 Å². The molecular weight excluding hydrogens is 340 g/mol. The summed E-state index contributed by atoms with van der Waals surface area (Å²) < 4.78 is 11.6. The van der Waals surface area contributed by atoms with E-state index in [0.717, 1.165) is 41.1 Å². The van der Waals surface area contributed by atoms with Crippen LogP contribution in [0.2, 0.25) is 0 Å². The van der Waals surface area contributed by atoms with Crippen LogP contribution in [0.25, 0.3) is 17.2 Å². The van der Waals surface area contributed by atoms with Gasteiger partial charge >= 0.3 is 0 Å². The number of hydrogen-bond acceptors (Lipinski definition) is 4. The van der Waals surface area contributed by atoms with Crippen molar-refractivity contribution in [1.29, 1.82) is 0 Å². The molecule has 2 aliphatic rings. The molecule has 5 rings (SSSR count). The number of fused-ring (bicyclic) bond motifs is 2. The molecule has 2 aromatic carbocycles. The Morgan fingerprint density at radius 3 is 2.67 bits per heavy atom. The minimum Gasteiger partial charge on any atom is -0.488 e. The van der Waals surface area contributed by atoms with Crippen molar-refractivity contribution >= 4 is 23.1 Å². The van der Waals surface area contributed by atoms with E-state index >= 15 is 0 Å². The minimum atomic E-state index is 0.0699. The Morgan fingerprint density at radius 1 is 1.04 bits per heavy atom. The predicted octanol–water partition coefficient (Wildman–Crippen LogP) is 4.01. The summed E-state index contributed by atoms with van der Waals surface area (Å²) in [7, 11) is 0. The molecule has 1 aromatic heterocycles. The number of para-hydroxylation sites is 3. The van der Waals surface area contributed by atoms with Gasteiger partial charge in [0.1, 0.15) is 17.9 Å². The molecule has 136 valence electrons. The molecule has 3 heterocycles. The third-order valence-corrected chi connectivity index (χ3v) is 5.35. The monoisotopic (exact) mass is 360 g/mol. The molecule has 0 radical (unpaired) electrons.